The summed E-state index contributed by atoms with van der Waals surface area (Å²) >= 11 is 0.758. The molecule has 14 N–H and O–H groups in total. The predicted molar refractivity (Wildman–Crippen MR) is 113 cm³/mol. The maximum Gasteiger partial charge on any atom is 0.183 e. The van der Waals surface area contributed by atoms with Crippen molar-refractivity contribution in [3.8, 4) is 0 Å². The number of ether oxygens (including phenoxy) is 5. The first-order chi connectivity index (χ1) is 16.4. The van der Waals surface area contributed by atoms with E-state index in [4.69, 9.17) is 40.9 Å². The molecule has 17 heteroatoms. The zero-order valence-electron chi connectivity index (χ0n) is 18.4. The Balaban J connectivity index is 1.46. The number of fused-ring (bicyclic) bond motifs is 1. The smallest absolute Gasteiger partial charge is 0.183 e. The SMILES string of the molecule is N[C@H]1[C@@H](OC2[C@@H](CO)O[C@@H](OC3[C@@H](CO)O[C@@H](O)[C@H](N)[C@H]3O)[C@H](N)[C@H]2O)O[C@]2(CO)S[C@@]2(O)[C@@H]1O. The molecule has 2 unspecified atom stereocenters. The van der Waals surface area contributed by atoms with Crippen LogP contribution in [0.25, 0.3) is 0 Å². The normalized spacial score (nSPS) is 56.5. The van der Waals surface area contributed by atoms with Gasteiger partial charge in [0.2, 0.25) is 0 Å². The van der Waals surface area contributed by atoms with Crippen molar-refractivity contribution in [2.75, 3.05) is 19.8 Å². The van der Waals surface area contributed by atoms with E-state index in [1.54, 1.807) is 0 Å². The molecule has 0 bridgehead atoms. The Morgan fingerprint density at radius 3 is 1.89 bits per heavy atom. The van der Waals surface area contributed by atoms with Crippen molar-refractivity contribution in [1.29, 1.82) is 0 Å². The lowest BCUT2D eigenvalue weighted by molar-refractivity contribution is -0.348. The third-order valence-electron chi connectivity index (χ3n) is 6.82. The first-order valence-electron chi connectivity index (χ1n) is 11.0. The Kier molecular flexibility index (Phi) is 8.02. The van der Waals surface area contributed by atoms with E-state index in [0.717, 1.165) is 11.8 Å². The van der Waals surface area contributed by atoms with E-state index in [1.807, 2.05) is 0 Å². The molecule has 4 heterocycles. The van der Waals surface area contributed by atoms with Crippen LogP contribution in [0.2, 0.25) is 0 Å². The van der Waals surface area contributed by atoms with E-state index in [1.165, 1.54) is 0 Å². The maximum atomic E-state index is 10.9. The van der Waals surface area contributed by atoms with Gasteiger partial charge in [0.05, 0.1) is 37.9 Å². The van der Waals surface area contributed by atoms with E-state index in [0.29, 0.717) is 0 Å². The highest BCUT2D eigenvalue weighted by Crippen LogP contribution is 2.67. The molecule has 4 aliphatic heterocycles. The van der Waals surface area contributed by atoms with Gasteiger partial charge in [-0.05, 0) is 0 Å². The molecule has 0 aromatic heterocycles. The minimum absolute atomic E-state index is 0.651. The molecule has 0 spiro atoms. The van der Waals surface area contributed by atoms with Crippen molar-refractivity contribution in [2.24, 2.45) is 17.2 Å². The van der Waals surface area contributed by atoms with Crippen LogP contribution >= 0.6 is 11.8 Å². The summed E-state index contributed by atoms with van der Waals surface area (Å²) in [6.45, 7) is -2.01. The van der Waals surface area contributed by atoms with Crippen LogP contribution in [0.3, 0.4) is 0 Å². The van der Waals surface area contributed by atoms with Gasteiger partial charge in [-0.25, -0.2) is 0 Å². The Morgan fingerprint density at radius 2 is 1.31 bits per heavy atom. The van der Waals surface area contributed by atoms with Crippen LogP contribution in [0, 0.1) is 0 Å². The Morgan fingerprint density at radius 1 is 0.771 bits per heavy atom. The molecular weight excluding hydrogens is 498 g/mol. The second-order valence-electron chi connectivity index (χ2n) is 9.03. The number of thioether (sulfide) groups is 1. The molecule has 16 nitrogen and oxygen atoms in total. The maximum absolute atomic E-state index is 10.9. The molecule has 4 saturated heterocycles. The summed E-state index contributed by atoms with van der Waals surface area (Å²) in [7, 11) is 0. The van der Waals surface area contributed by atoms with Gasteiger partial charge in [0, 0.05) is 0 Å². The first-order valence-corrected chi connectivity index (χ1v) is 11.8. The van der Waals surface area contributed by atoms with E-state index >= 15 is 0 Å². The highest BCUT2D eigenvalue weighted by molar-refractivity contribution is 8.09. The molecule has 15 atom stereocenters. The van der Waals surface area contributed by atoms with Crippen molar-refractivity contribution in [3.05, 3.63) is 0 Å². The zero-order valence-corrected chi connectivity index (χ0v) is 19.2. The van der Waals surface area contributed by atoms with E-state index in [-0.39, 0.29) is 0 Å². The predicted octanol–water partition coefficient (Wildman–Crippen LogP) is -7.27. The van der Waals surface area contributed by atoms with E-state index in [2.05, 4.69) is 0 Å². The van der Waals surface area contributed by atoms with Gasteiger partial charge in [-0.15, -0.1) is 0 Å². The van der Waals surface area contributed by atoms with Crippen molar-refractivity contribution in [3.63, 3.8) is 0 Å². The second-order valence-corrected chi connectivity index (χ2v) is 10.5. The van der Waals surface area contributed by atoms with E-state index < -0.39 is 109 Å². The summed E-state index contributed by atoms with van der Waals surface area (Å²) in [5.41, 5.74) is 17.7. The van der Waals surface area contributed by atoms with Gasteiger partial charge in [0.1, 0.15) is 42.7 Å². The Bertz CT molecular complexity index is 756. The number of hydrogen-bond donors (Lipinski definition) is 11. The highest BCUT2D eigenvalue weighted by atomic mass is 32.2. The quantitative estimate of drug-likeness (QED) is 0.136. The average Bonchev–Trinajstić information content (AvgIpc) is 3.47. The van der Waals surface area contributed by atoms with Crippen LogP contribution in [0.4, 0.5) is 0 Å². The molecule has 0 saturated carbocycles. The van der Waals surface area contributed by atoms with Crippen molar-refractivity contribution < 1.29 is 64.5 Å². The van der Waals surface area contributed by atoms with Gasteiger partial charge in [-0.3, -0.25) is 0 Å². The summed E-state index contributed by atoms with van der Waals surface area (Å²) in [6.07, 6.45) is -14.2. The molecule has 0 aromatic rings. The van der Waals surface area contributed by atoms with E-state index in [9.17, 15) is 40.9 Å². The topological polar surface area (TPSA) is 286 Å². The van der Waals surface area contributed by atoms with Gasteiger partial charge < -0.3 is 81.7 Å². The zero-order chi connectivity index (χ0) is 25.9. The monoisotopic (exact) mass is 531 g/mol. The summed E-state index contributed by atoms with van der Waals surface area (Å²) in [5, 5.41) is 80.9. The van der Waals surface area contributed by atoms with Gasteiger partial charge in [0.25, 0.3) is 0 Å². The number of aliphatic hydroxyl groups is 8. The molecule has 0 amide bonds. The molecule has 4 fully saturated rings. The molecular formula is C18H33N3O13S. The molecule has 0 aliphatic carbocycles. The van der Waals surface area contributed by atoms with Crippen molar-refractivity contribution in [1.82, 2.24) is 0 Å². The highest BCUT2D eigenvalue weighted by Gasteiger charge is 2.79. The number of rotatable bonds is 7. The van der Waals surface area contributed by atoms with Crippen molar-refractivity contribution >= 4 is 11.8 Å². The number of nitrogens with two attached hydrogens (primary N) is 3. The lowest BCUT2D eigenvalue weighted by Crippen LogP contribution is -2.69. The number of aliphatic hydroxyl groups excluding tert-OH is 7. The Hall–Kier alpha value is -0.290. The standard InChI is InChI=1S/C18H33N3O13S/c19-6-9(25)11(4(1-22)30-14(6)28)32-15-7(20)10(26)12(5(2-23)31-15)33-16-8(21)13(27)18(29)17(3-24,34-16)35-18/h4-16,22-29H,1-3,19-21H2/t4-,5-,6-,7-,8-,9-,10-,11?,12?,13-,14-,15+,16+,17-,18+/m1/s1. The fraction of sp³-hybridized carbons (Fsp3) is 1.00. The first kappa shape index (κ1) is 27.7. The molecule has 4 aliphatic rings. The average molecular weight is 532 g/mol. The van der Waals surface area contributed by atoms with Crippen LogP contribution in [0.15, 0.2) is 0 Å². The molecule has 204 valence electrons. The molecule has 0 aromatic carbocycles. The minimum atomic E-state index is -1.82. The summed E-state index contributed by atoms with van der Waals surface area (Å²) in [5.74, 6) is 0. The van der Waals surface area contributed by atoms with Crippen LogP contribution in [-0.2, 0) is 23.7 Å². The fourth-order valence-electron chi connectivity index (χ4n) is 4.56. The largest absolute Gasteiger partial charge is 0.394 e. The summed E-state index contributed by atoms with van der Waals surface area (Å²) < 4.78 is 27.8. The van der Waals surface area contributed by atoms with Crippen LogP contribution in [-0.4, -0.2) is 150 Å². The number of hydrogen-bond acceptors (Lipinski definition) is 17. The van der Waals surface area contributed by atoms with Gasteiger partial charge >= 0.3 is 0 Å². The fourth-order valence-corrected chi connectivity index (χ4v) is 5.73. The summed E-state index contributed by atoms with van der Waals surface area (Å²) in [6, 6.07) is -3.90. The van der Waals surface area contributed by atoms with Gasteiger partial charge in [0.15, 0.2) is 28.7 Å². The second kappa shape index (κ2) is 10.1. The Labute approximate surface area is 203 Å². The van der Waals surface area contributed by atoms with Crippen LogP contribution in [0.1, 0.15) is 0 Å². The molecule has 4 rings (SSSR count). The lowest BCUT2D eigenvalue weighted by Gasteiger charge is -2.48. The van der Waals surface area contributed by atoms with Crippen molar-refractivity contribution in [2.45, 2.75) is 89.6 Å². The summed E-state index contributed by atoms with van der Waals surface area (Å²) in [4.78, 5) is -3.40. The minimum Gasteiger partial charge on any atom is -0.394 e. The van der Waals surface area contributed by atoms with Crippen LogP contribution in [0.5, 0.6) is 0 Å². The van der Waals surface area contributed by atoms with Crippen LogP contribution < -0.4 is 17.2 Å². The third kappa shape index (κ3) is 4.51. The molecule has 0 radical (unpaired) electrons. The lowest BCUT2D eigenvalue weighted by atomic mass is 9.94. The molecule has 35 heavy (non-hydrogen) atoms. The third-order valence-corrected chi connectivity index (χ3v) is 8.37. The van der Waals surface area contributed by atoms with Gasteiger partial charge in [-0.1, -0.05) is 11.8 Å². The van der Waals surface area contributed by atoms with Gasteiger partial charge in [-0.2, -0.15) is 0 Å².